The molecule has 0 aliphatic carbocycles. The second-order valence-electron chi connectivity index (χ2n) is 5.87. The van der Waals surface area contributed by atoms with Crippen LogP contribution in [0.25, 0.3) is 22.2 Å². The van der Waals surface area contributed by atoms with E-state index in [1.807, 2.05) is 18.2 Å². The quantitative estimate of drug-likeness (QED) is 0.430. The smallest absolute Gasteiger partial charge is 0.277 e. The van der Waals surface area contributed by atoms with Gasteiger partial charge in [-0.2, -0.15) is 0 Å². The summed E-state index contributed by atoms with van der Waals surface area (Å²) in [5.74, 6) is 2.52. The number of benzene rings is 3. The van der Waals surface area contributed by atoms with E-state index in [1.54, 1.807) is 20.3 Å². The standard InChI is InChI=1S/C21H18N2O3S/c1-24-16-10-11-18(19(12-16)25-2)20-22-23-21(26-20)27-13-15-8-5-7-14-6-3-4-9-17(14)15/h3-12H,13H2,1-2H3. The zero-order chi connectivity index (χ0) is 18.6. The molecule has 1 aromatic heterocycles. The number of nitrogens with zero attached hydrogens (tertiary/aromatic N) is 2. The Morgan fingerprint density at radius 2 is 1.78 bits per heavy atom. The average molecular weight is 378 g/mol. The first-order valence-electron chi connectivity index (χ1n) is 8.44. The summed E-state index contributed by atoms with van der Waals surface area (Å²) in [4.78, 5) is 0. The van der Waals surface area contributed by atoms with E-state index in [2.05, 4.69) is 46.6 Å². The number of ether oxygens (including phenoxy) is 2. The van der Waals surface area contributed by atoms with Crippen molar-refractivity contribution in [1.29, 1.82) is 0 Å². The van der Waals surface area contributed by atoms with Gasteiger partial charge in [0.05, 0.1) is 19.8 Å². The van der Waals surface area contributed by atoms with Crippen LogP contribution in [0.2, 0.25) is 0 Å². The summed E-state index contributed by atoms with van der Waals surface area (Å²) in [5, 5.41) is 11.3. The highest BCUT2D eigenvalue weighted by Crippen LogP contribution is 2.34. The van der Waals surface area contributed by atoms with E-state index < -0.39 is 0 Å². The van der Waals surface area contributed by atoms with E-state index in [4.69, 9.17) is 13.9 Å². The van der Waals surface area contributed by atoms with E-state index in [0.717, 1.165) is 11.3 Å². The fourth-order valence-corrected chi connectivity index (χ4v) is 3.68. The van der Waals surface area contributed by atoms with Crippen LogP contribution in [-0.2, 0) is 5.75 Å². The second kappa shape index (κ2) is 7.72. The highest BCUT2D eigenvalue weighted by Gasteiger charge is 2.15. The summed E-state index contributed by atoms with van der Waals surface area (Å²) in [6.07, 6.45) is 0. The van der Waals surface area contributed by atoms with Crippen LogP contribution in [0.5, 0.6) is 11.5 Å². The normalized spacial score (nSPS) is 10.9. The highest BCUT2D eigenvalue weighted by molar-refractivity contribution is 7.98. The Hall–Kier alpha value is -2.99. The summed E-state index contributed by atoms with van der Waals surface area (Å²) >= 11 is 1.52. The molecule has 0 fully saturated rings. The molecule has 0 radical (unpaired) electrons. The Labute approximate surface area is 161 Å². The Balaban J connectivity index is 1.55. The van der Waals surface area contributed by atoms with Gasteiger partial charge < -0.3 is 13.9 Å². The molecule has 0 saturated carbocycles. The third-order valence-corrected chi connectivity index (χ3v) is 5.14. The van der Waals surface area contributed by atoms with E-state index in [1.165, 1.54) is 28.1 Å². The molecule has 6 heteroatoms. The molecular weight excluding hydrogens is 360 g/mol. The molecule has 0 bridgehead atoms. The van der Waals surface area contributed by atoms with Crippen LogP contribution in [0.3, 0.4) is 0 Å². The summed E-state index contributed by atoms with van der Waals surface area (Å²) in [7, 11) is 3.22. The van der Waals surface area contributed by atoms with E-state index in [-0.39, 0.29) is 0 Å². The molecule has 0 spiro atoms. The molecule has 0 atom stereocenters. The SMILES string of the molecule is COc1ccc(-c2nnc(SCc3cccc4ccccc34)o2)c(OC)c1. The summed E-state index contributed by atoms with van der Waals surface area (Å²) in [6.45, 7) is 0. The van der Waals surface area contributed by atoms with Gasteiger partial charge in [-0.05, 0) is 28.5 Å². The van der Waals surface area contributed by atoms with E-state index in [9.17, 15) is 0 Å². The number of fused-ring (bicyclic) bond motifs is 1. The lowest BCUT2D eigenvalue weighted by Gasteiger charge is -2.07. The predicted octanol–water partition coefficient (Wildman–Crippen LogP) is 5.20. The molecule has 5 nitrogen and oxygen atoms in total. The molecule has 1 heterocycles. The molecule has 3 aromatic carbocycles. The van der Waals surface area contributed by atoms with Crippen molar-refractivity contribution >= 4 is 22.5 Å². The zero-order valence-corrected chi connectivity index (χ0v) is 15.8. The summed E-state index contributed by atoms with van der Waals surface area (Å²) in [6, 6.07) is 20.1. The van der Waals surface area contributed by atoms with Crippen LogP contribution in [0.4, 0.5) is 0 Å². The average Bonchev–Trinajstić information content (AvgIpc) is 3.20. The van der Waals surface area contributed by atoms with Gasteiger partial charge in [0.1, 0.15) is 11.5 Å². The monoisotopic (exact) mass is 378 g/mol. The molecule has 27 heavy (non-hydrogen) atoms. The lowest BCUT2D eigenvalue weighted by Crippen LogP contribution is -1.90. The molecule has 4 aromatic rings. The fraction of sp³-hybridized carbons (Fsp3) is 0.143. The van der Waals surface area contributed by atoms with E-state index in [0.29, 0.717) is 22.6 Å². The summed E-state index contributed by atoms with van der Waals surface area (Å²) in [5.41, 5.74) is 1.97. The lowest BCUT2D eigenvalue weighted by atomic mass is 10.1. The van der Waals surface area contributed by atoms with Crippen LogP contribution < -0.4 is 9.47 Å². The maximum absolute atomic E-state index is 5.84. The van der Waals surface area contributed by atoms with Crippen molar-refractivity contribution in [3.8, 4) is 23.0 Å². The topological polar surface area (TPSA) is 57.4 Å². The van der Waals surface area contributed by atoms with E-state index >= 15 is 0 Å². The maximum Gasteiger partial charge on any atom is 0.277 e. The minimum absolute atomic E-state index is 0.426. The van der Waals surface area contributed by atoms with Gasteiger partial charge >= 0.3 is 0 Å². The van der Waals surface area contributed by atoms with Crippen molar-refractivity contribution < 1.29 is 13.9 Å². The third kappa shape index (κ3) is 3.61. The molecule has 0 amide bonds. The van der Waals surface area contributed by atoms with Gasteiger partial charge in [-0.3, -0.25) is 0 Å². The molecule has 0 saturated heterocycles. The molecule has 0 unspecified atom stereocenters. The molecular formula is C21H18N2O3S. The molecule has 0 N–H and O–H groups in total. The molecule has 4 rings (SSSR count). The van der Waals surface area contributed by atoms with Crippen molar-refractivity contribution in [3.63, 3.8) is 0 Å². The molecule has 136 valence electrons. The van der Waals surface area contributed by atoms with Crippen LogP contribution in [-0.4, -0.2) is 24.4 Å². The highest BCUT2D eigenvalue weighted by atomic mass is 32.2. The van der Waals surface area contributed by atoms with Gasteiger partial charge in [-0.25, -0.2) is 0 Å². The second-order valence-corrected chi connectivity index (χ2v) is 6.79. The van der Waals surface area contributed by atoms with Crippen molar-refractivity contribution in [1.82, 2.24) is 10.2 Å². The lowest BCUT2D eigenvalue weighted by molar-refractivity contribution is 0.393. The largest absolute Gasteiger partial charge is 0.497 e. The number of hydrogen-bond acceptors (Lipinski definition) is 6. The number of thioether (sulfide) groups is 1. The molecule has 0 aliphatic heterocycles. The first-order valence-corrected chi connectivity index (χ1v) is 9.42. The van der Waals surface area contributed by atoms with Gasteiger partial charge in [0, 0.05) is 11.8 Å². The first-order chi connectivity index (χ1) is 13.3. The predicted molar refractivity (Wildman–Crippen MR) is 106 cm³/mol. The van der Waals surface area contributed by atoms with Crippen molar-refractivity contribution in [2.75, 3.05) is 14.2 Å². The Morgan fingerprint density at radius 3 is 2.63 bits per heavy atom. The Morgan fingerprint density at radius 1 is 0.926 bits per heavy atom. The third-order valence-electron chi connectivity index (χ3n) is 4.28. The van der Waals surface area contributed by atoms with Crippen molar-refractivity contribution in [2.45, 2.75) is 11.0 Å². The van der Waals surface area contributed by atoms with Gasteiger partial charge in [-0.1, -0.05) is 54.2 Å². The first kappa shape index (κ1) is 17.4. The molecule has 0 aliphatic rings. The minimum Gasteiger partial charge on any atom is -0.497 e. The van der Waals surface area contributed by atoms with Crippen LogP contribution in [0.15, 0.2) is 70.3 Å². The number of aromatic nitrogens is 2. The van der Waals surface area contributed by atoms with Gasteiger partial charge in [0.25, 0.3) is 11.1 Å². The number of hydrogen-bond donors (Lipinski definition) is 0. The van der Waals surface area contributed by atoms with Crippen molar-refractivity contribution in [3.05, 3.63) is 66.2 Å². The zero-order valence-electron chi connectivity index (χ0n) is 15.0. The Kier molecular flexibility index (Phi) is 4.98. The summed E-state index contributed by atoms with van der Waals surface area (Å²) < 4.78 is 16.5. The Bertz CT molecular complexity index is 1070. The van der Waals surface area contributed by atoms with Crippen molar-refractivity contribution in [2.24, 2.45) is 0 Å². The number of methoxy groups -OCH3 is 2. The fourth-order valence-electron chi connectivity index (χ4n) is 2.91. The van der Waals surface area contributed by atoms with Gasteiger partial charge in [-0.15, -0.1) is 10.2 Å². The van der Waals surface area contributed by atoms with Crippen LogP contribution >= 0.6 is 11.8 Å². The minimum atomic E-state index is 0.426. The van der Waals surface area contributed by atoms with Crippen LogP contribution in [0, 0.1) is 0 Å². The van der Waals surface area contributed by atoms with Gasteiger partial charge in [0.15, 0.2) is 0 Å². The van der Waals surface area contributed by atoms with Gasteiger partial charge in [0.2, 0.25) is 0 Å². The van der Waals surface area contributed by atoms with Crippen LogP contribution in [0.1, 0.15) is 5.56 Å². The maximum atomic E-state index is 5.84. The number of rotatable bonds is 6.